The molecular weight excluding hydrogens is 322 g/mol. The van der Waals surface area contributed by atoms with E-state index < -0.39 is 12.0 Å². The third-order valence-corrected chi connectivity index (χ3v) is 4.78. The van der Waals surface area contributed by atoms with E-state index in [1.807, 2.05) is 0 Å². The van der Waals surface area contributed by atoms with Gasteiger partial charge in [0, 0.05) is 18.3 Å². The molecule has 2 atom stereocenters. The molecule has 2 N–H and O–H groups in total. The van der Waals surface area contributed by atoms with Crippen LogP contribution >= 0.6 is 0 Å². The number of esters is 1. The highest BCUT2D eigenvalue weighted by Gasteiger charge is 2.36. The number of rotatable bonds is 5. The molecule has 25 heavy (non-hydrogen) atoms. The second kappa shape index (κ2) is 7.74. The Morgan fingerprint density at radius 1 is 1.44 bits per heavy atom. The lowest BCUT2D eigenvalue weighted by Gasteiger charge is -2.36. The topological polar surface area (TPSA) is 83.8 Å². The van der Waals surface area contributed by atoms with Gasteiger partial charge in [-0.25, -0.2) is 9.59 Å². The van der Waals surface area contributed by atoms with E-state index in [1.165, 1.54) is 12.7 Å². The lowest BCUT2D eigenvalue weighted by molar-refractivity contribution is -0.139. The summed E-state index contributed by atoms with van der Waals surface area (Å²) in [5.41, 5.74) is 1.01. The van der Waals surface area contributed by atoms with Crippen LogP contribution in [-0.4, -0.2) is 42.6 Å². The van der Waals surface area contributed by atoms with Crippen molar-refractivity contribution in [2.75, 3.05) is 19.7 Å². The summed E-state index contributed by atoms with van der Waals surface area (Å²) in [6.07, 6.45) is 4.99. The number of urea groups is 1. The van der Waals surface area contributed by atoms with Crippen LogP contribution in [0.25, 0.3) is 0 Å². The first-order chi connectivity index (χ1) is 12.1. The minimum atomic E-state index is -0.641. The number of nitrogens with one attached hydrogen (secondary N) is 2. The Morgan fingerprint density at radius 3 is 2.96 bits per heavy atom. The Hall–Kier alpha value is -2.28. The summed E-state index contributed by atoms with van der Waals surface area (Å²) >= 11 is 0. The van der Waals surface area contributed by atoms with E-state index >= 15 is 0 Å². The number of carbonyl (C=O) groups excluding carboxylic acids is 2. The predicted octanol–water partition coefficient (Wildman–Crippen LogP) is 2.33. The summed E-state index contributed by atoms with van der Waals surface area (Å²) in [6.45, 7) is 5.68. The van der Waals surface area contributed by atoms with Crippen LogP contribution in [0.3, 0.4) is 0 Å². The van der Waals surface area contributed by atoms with E-state index in [9.17, 15) is 9.59 Å². The van der Waals surface area contributed by atoms with Crippen molar-refractivity contribution in [3.8, 4) is 0 Å². The van der Waals surface area contributed by atoms with Crippen molar-refractivity contribution in [2.24, 2.45) is 0 Å². The number of amides is 2. The molecule has 0 unspecified atom stereocenters. The van der Waals surface area contributed by atoms with Crippen molar-refractivity contribution in [2.45, 2.75) is 45.2 Å². The van der Waals surface area contributed by atoms with Crippen LogP contribution in [0.4, 0.5) is 4.79 Å². The SMILES string of the molecule is CCOC(=O)C1=C(CN2CCCC[C@H]2C)NC(=O)N[C@@H]1c1ccco1. The van der Waals surface area contributed by atoms with Gasteiger partial charge in [-0.1, -0.05) is 6.42 Å². The summed E-state index contributed by atoms with van der Waals surface area (Å²) in [5.74, 6) is 0.0816. The molecule has 1 aromatic rings. The van der Waals surface area contributed by atoms with Gasteiger partial charge in [-0.15, -0.1) is 0 Å². The summed E-state index contributed by atoms with van der Waals surface area (Å²) in [6, 6.07) is 2.92. The molecule has 1 saturated heterocycles. The number of carbonyl (C=O) groups is 2. The quantitative estimate of drug-likeness (QED) is 0.799. The van der Waals surface area contributed by atoms with E-state index in [0.29, 0.717) is 29.6 Å². The molecule has 7 nitrogen and oxygen atoms in total. The fourth-order valence-corrected chi connectivity index (χ4v) is 3.46. The maximum Gasteiger partial charge on any atom is 0.338 e. The summed E-state index contributed by atoms with van der Waals surface area (Å²) in [5, 5.41) is 5.58. The molecule has 136 valence electrons. The molecule has 2 amide bonds. The van der Waals surface area contributed by atoms with Crippen LogP contribution in [0.2, 0.25) is 0 Å². The Balaban J connectivity index is 1.95. The maximum atomic E-state index is 12.6. The molecule has 7 heteroatoms. The van der Waals surface area contributed by atoms with Crippen LogP contribution < -0.4 is 10.6 Å². The molecule has 0 saturated carbocycles. The molecule has 3 rings (SSSR count). The summed E-state index contributed by atoms with van der Waals surface area (Å²) < 4.78 is 10.7. The van der Waals surface area contributed by atoms with E-state index in [4.69, 9.17) is 9.15 Å². The lowest BCUT2D eigenvalue weighted by Crippen LogP contribution is -2.50. The van der Waals surface area contributed by atoms with Gasteiger partial charge >= 0.3 is 12.0 Å². The standard InChI is InChI=1S/C18H25N3O4/c1-3-24-17(22)15-13(11-21-9-5-4-7-12(21)2)19-18(23)20-16(15)14-8-6-10-25-14/h6,8,10,12,16H,3-5,7,9,11H2,1-2H3,(H2,19,20,23)/t12-,16-/m1/s1. The van der Waals surface area contributed by atoms with E-state index in [1.54, 1.807) is 19.1 Å². The molecule has 0 aliphatic carbocycles. The van der Waals surface area contributed by atoms with E-state index in [0.717, 1.165) is 19.4 Å². The summed E-state index contributed by atoms with van der Waals surface area (Å²) in [4.78, 5) is 27.1. The number of furan rings is 1. The van der Waals surface area contributed by atoms with Crippen molar-refractivity contribution in [3.05, 3.63) is 35.4 Å². The van der Waals surface area contributed by atoms with Gasteiger partial charge in [0.05, 0.1) is 18.4 Å². The smallest absolute Gasteiger partial charge is 0.338 e. The number of hydrogen-bond donors (Lipinski definition) is 2. The van der Waals surface area contributed by atoms with Crippen LogP contribution in [0, 0.1) is 0 Å². The third kappa shape index (κ3) is 3.87. The van der Waals surface area contributed by atoms with Crippen molar-refractivity contribution in [1.29, 1.82) is 0 Å². The Kier molecular flexibility index (Phi) is 5.43. The highest BCUT2D eigenvalue weighted by atomic mass is 16.5. The number of piperidine rings is 1. The monoisotopic (exact) mass is 347 g/mol. The van der Waals surface area contributed by atoms with Gasteiger partial charge in [0.25, 0.3) is 0 Å². The first-order valence-corrected chi connectivity index (χ1v) is 8.85. The second-order valence-corrected chi connectivity index (χ2v) is 6.47. The minimum Gasteiger partial charge on any atom is -0.467 e. The number of nitrogens with zero attached hydrogens (tertiary/aromatic N) is 1. The zero-order valence-corrected chi connectivity index (χ0v) is 14.7. The van der Waals surface area contributed by atoms with Crippen molar-refractivity contribution < 1.29 is 18.7 Å². The van der Waals surface area contributed by atoms with Gasteiger partial charge in [-0.3, -0.25) is 4.90 Å². The number of hydrogen-bond acceptors (Lipinski definition) is 5. The lowest BCUT2D eigenvalue weighted by atomic mass is 9.98. The molecule has 0 aromatic carbocycles. The van der Waals surface area contributed by atoms with Gasteiger partial charge in [-0.2, -0.15) is 0 Å². The van der Waals surface area contributed by atoms with Crippen molar-refractivity contribution in [1.82, 2.24) is 15.5 Å². The van der Waals surface area contributed by atoms with E-state index in [2.05, 4.69) is 22.5 Å². The molecule has 3 heterocycles. The maximum absolute atomic E-state index is 12.6. The van der Waals surface area contributed by atoms with Gasteiger partial charge in [0.15, 0.2) is 0 Å². The molecular formula is C18H25N3O4. The average molecular weight is 347 g/mol. The molecule has 1 aromatic heterocycles. The average Bonchev–Trinajstić information content (AvgIpc) is 3.11. The number of likely N-dealkylation sites (tertiary alicyclic amines) is 1. The predicted molar refractivity (Wildman–Crippen MR) is 91.7 cm³/mol. The molecule has 1 fully saturated rings. The van der Waals surface area contributed by atoms with Crippen molar-refractivity contribution in [3.63, 3.8) is 0 Å². The summed E-state index contributed by atoms with van der Waals surface area (Å²) in [7, 11) is 0. The first kappa shape index (κ1) is 17.5. The zero-order chi connectivity index (χ0) is 17.8. The zero-order valence-electron chi connectivity index (χ0n) is 14.7. The van der Waals surface area contributed by atoms with Crippen LogP contribution in [0.5, 0.6) is 0 Å². The van der Waals surface area contributed by atoms with Crippen LogP contribution in [0.15, 0.2) is 34.1 Å². The molecule has 2 aliphatic rings. The van der Waals surface area contributed by atoms with E-state index in [-0.39, 0.29) is 12.6 Å². The van der Waals surface area contributed by atoms with Crippen LogP contribution in [0.1, 0.15) is 44.9 Å². The second-order valence-electron chi connectivity index (χ2n) is 6.47. The van der Waals surface area contributed by atoms with Crippen LogP contribution in [-0.2, 0) is 9.53 Å². The Bertz CT molecular complexity index is 653. The molecule has 0 spiro atoms. The fraction of sp³-hybridized carbons (Fsp3) is 0.556. The Morgan fingerprint density at radius 2 is 2.28 bits per heavy atom. The molecule has 2 aliphatic heterocycles. The molecule has 0 radical (unpaired) electrons. The van der Waals surface area contributed by atoms with Gasteiger partial charge in [0.1, 0.15) is 11.8 Å². The van der Waals surface area contributed by atoms with Gasteiger partial charge < -0.3 is 19.8 Å². The Labute approximate surface area is 147 Å². The third-order valence-electron chi connectivity index (χ3n) is 4.78. The first-order valence-electron chi connectivity index (χ1n) is 8.85. The normalized spacial score (nSPS) is 24.6. The molecule has 0 bridgehead atoms. The van der Waals surface area contributed by atoms with Gasteiger partial charge in [0.2, 0.25) is 0 Å². The number of ether oxygens (including phenoxy) is 1. The fourth-order valence-electron chi connectivity index (χ4n) is 3.46. The highest BCUT2D eigenvalue weighted by Crippen LogP contribution is 2.29. The van der Waals surface area contributed by atoms with Crippen molar-refractivity contribution >= 4 is 12.0 Å². The van der Waals surface area contributed by atoms with Gasteiger partial charge in [-0.05, 0) is 45.4 Å². The minimum absolute atomic E-state index is 0.272. The largest absolute Gasteiger partial charge is 0.467 e. The highest BCUT2D eigenvalue weighted by molar-refractivity contribution is 5.95.